The highest BCUT2D eigenvalue weighted by molar-refractivity contribution is 6.10. The van der Waals surface area contributed by atoms with Crippen LogP contribution < -0.4 is 4.90 Å². The van der Waals surface area contributed by atoms with E-state index >= 15 is 0 Å². The van der Waals surface area contributed by atoms with Gasteiger partial charge in [-0.05, 0) is 43.3 Å². The maximum absolute atomic E-state index is 13.3. The van der Waals surface area contributed by atoms with Crippen LogP contribution in [-0.2, 0) is 7.05 Å². The lowest BCUT2D eigenvalue weighted by atomic mass is 10.1. The minimum absolute atomic E-state index is 0.209. The summed E-state index contributed by atoms with van der Waals surface area (Å²) >= 11 is 0. The minimum Gasteiger partial charge on any atom is -0.268 e. The number of anilines is 2. The molecule has 0 N–H and O–H groups in total. The van der Waals surface area contributed by atoms with Gasteiger partial charge in [-0.1, -0.05) is 24.0 Å². The van der Waals surface area contributed by atoms with Crippen molar-refractivity contribution in [2.24, 2.45) is 7.05 Å². The number of carbonyl (C=O) groups is 1. The Kier molecular flexibility index (Phi) is 4.60. The molecule has 26 heavy (non-hydrogen) atoms. The number of nitrogens with zero attached hydrogens (tertiary/aromatic N) is 3. The zero-order chi connectivity index (χ0) is 18.7. The molecule has 0 saturated carbocycles. The molecule has 4 heteroatoms. The molecule has 0 unspecified atom stereocenters. The number of aryl methyl sites for hydroxylation is 2. The zero-order valence-electron chi connectivity index (χ0n) is 14.6. The summed E-state index contributed by atoms with van der Waals surface area (Å²) in [4.78, 5) is 14.9. The quantitative estimate of drug-likeness (QED) is 0.683. The Morgan fingerprint density at radius 3 is 2.31 bits per heavy atom. The molecule has 0 fully saturated rings. The molecule has 0 bridgehead atoms. The second-order valence-corrected chi connectivity index (χ2v) is 5.83. The molecule has 0 aliphatic rings. The van der Waals surface area contributed by atoms with Crippen molar-refractivity contribution < 1.29 is 4.79 Å². The Morgan fingerprint density at radius 1 is 1.04 bits per heavy atom. The van der Waals surface area contributed by atoms with Gasteiger partial charge >= 0.3 is 0 Å². The van der Waals surface area contributed by atoms with Crippen molar-refractivity contribution in [3.63, 3.8) is 0 Å². The first-order valence-electron chi connectivity index (χ1n) is 8.02. The molecule has 0 radical (unpaired) electrons. The van der Waals surface area contributed by atoms with Gasteiger partial charge in [0, 0.05) is 29.8 Å². The third kappa shape index (κ3) is 3.22. The number of terminal acetylenes is 2. The number of aromatic nitrogens is 2. The van der Waals surface area contributed by atoms with E-state index in [1.165, 1.54) is 0 Å². The first-order chi connectivity index (χ1) is 12.5. The highest BCUT2D eigenvalue weighted by Crippen LogP contribution is 2.28. The minimum atomic E-state index is -0.209. The predicted octanol–water partition coefficient (Wildman–Crippen LogP) is 3.67. The topological polar surface area (TPSA) is 38.1 Å². The monoisotopic (exact) mass is 339 g/mol. The molecule has 126 valence electrons. The summed E-state index contributed by atoms with van der Waals surface area (Å²) < 4.78 is 1.67. The summed E-state index contributed by atoms with van der Waals surface area (Å²) in [5.74, 6) is 5.60. The lowest BCUT2D eigenvalue weighted by molar-refractivity contribution is 0.0998. The van der Waals surface area contributed by atoms with E-state index in [0.29, 0.717) is 28.2 Å². The molecule has 0 saturated heterocycles. The van der Waals surface area contributed by atoms with E-state index in [1.54, 1.807) is 47.0 Å². The van der Waals surface area contributed by atoms with Crippen LogP contribution in [0.4, 0.5) is 11.5 Å². The van der Waals surface area contributed by atoms with Crippen molar-refractivity contribution in [2.45, 2.75) is 6.92 Å². The summed E-state index contributed by atoms with van der Waals surface area (Å²) in [5, 5.41) is 4.36. The number of hydrogen-bond donors (Lipinski definition) is 0. The van der Waals surface area contributed by atoms with E-state index in [2.05, 4.69) is 16.9 Å². The maximum Gasteiger partial charge on any atom is 0.264 e. The fraction of sp³-hybridized carbons (Fsp3) is 0.0909. The van der Waals surface area contributed by atoms with Crippen LogP contribution in [-0.4, -0.2) is 15.7 Å². The Hall–Kier alpha value is -3.76. The molecule has 1 aromatic heterocycles. The van der Waals surface area contributed by atoms with Crippen molar-refractivity contribution in [3.8, 4) is 24.7 Å². The van der Waals surface area contributed by atoms with Gasteiger partial charge in [-0.25, -0.2) is 0 Å². The molecule has 0 aliphatic heterocycles. The van der Waals surface area contributed by atoms with Crippen molar-refractivity contribution in [1.29, 1.82) is 0 Å². The van der Waals surface area contributed by atoms with E-state index in [0.717, 1.165) is 5.69 Å². The van der Waals surface area contributed by atoms with Gasteiger partial charge in [-0.2, -0.15) is 5.10 Å². The van der Waals surface area contributed by atoms with Gasteiger partial charge in [0.15, 0.2) is 0 Å². The lowest BCUT2D eigenvalue weighted by Crippen LogP contribution is -2.28. The van der Waals surface area contributed by atoms with Crippen LogP contribution in [0.1, 0.15) is 27.2 Å². The smallest absolute Gasteiger partial charge is 0.264 e. The molecule has 3 aromatic rings. The largest absolute Gasteiger partial charge is 0.268 e. The number of carbonyl (C=O) groups excluding carboxylic acids is 1. The Labute approximate surface area is 153 Å². The average Bonchev–Trinajstić information content (AvgIpc) is 3.00. The van der Waals surface area contributed by atoms with Crippen LogP contribution in [0.5, 0.6) is 0 Å². The fourth-order valence-electron chi connectivity index (χ4n) is 2.77. The second-order valence-electron chi connectivity index (χ2n) is 5.83. The van der Waals surface area contributed by atoms with Gasteiger partial charge < -0.3 is 0 Å². The molecule has 1 heterocycles. The lowest BCUT2D eigenvalue weighted by Gasteiger charge is -2.23. The standard InChI is InChI=1S/C22H17N3O/c1-5-17-9-7-11-19(14-17)22(26)25(21-13-16(3)23-24(21)4)20-12-8-10-18(6-2)15-20/h1-2,7-15H,3-4H3. The Balaban J connectivity index is 2.17. The highest BCUT2D eigenvalue weighted by atomic mass is 16.2. The van der Waals surface area contributed by atoms with Crippen LogP contribution in [0.3, 0.4) is 0 Å². The average molecular weight is 339 g/mol. The van der Waals surface area contributed by atoms with Gasteiger partial charge in [0.2, 0.25) is 0 Å². The summed E-state index contributed by atoms with van der Waals surface area (Å²) in [5.41, 5.74) is 3.31. The van der Waals surface area contributed by atoms with Crippen molar-refractivity contribution >= 4 is 17.4 Å². The Morgan fingerprint density at radius 2 is 1.69 bits per heavy atom. The molecule has 1 amide bonds. The molecular weight excluding hydrogens is 322 g/mol. The summed E-state index contributed by atoms with van der Waals surface area (Å²) in [6.45, 7) is 1.88. The number of hydrogen-bond acceptors (Lipinski definition) is 2. The van der Waals surface area contributed by atoms with Crippen LogP contribution in [0, 0.1) is 31.6 Å². The number of benzene rings is 2. The Bertz CT molecular complexity index is 1060. The van der Waals surface area contributed by atoms with Crippen LogP contribution >= 0.6 is 0 Å². The number of rotatable bonds is 3. The molecular formula is C22H17N3O. The van der Waals surface area contributed by atoms with Crippen LogP contribution in [0.15, 0.2) is 54.6 Å². The van der Waals surface area contributed by atoms with E-state index in [-0.39, 0.29) is 5.91 Å². The van der Waals surface area contributed by atoms with E-state index in [1.807, 2.05) is 31.2 Å². The molecule has 0 spiro atoms. The molecule has 2 aromatic carbocycles. The third-order valence-corrected chi connectivity index (χ3v) is 3.96. The van der Waals surface area contributed by atoms with Gasteiger partial charge in [0.1, 0.15) is 5.82 Å². The SMILES string of the molecule is C#Cc1cccc(C(=O)N(c2cccc(C#C)c2)c2cc(C)nn2C)c1. The molecule has 0 atom stereocenters. The van der Waals surface area contributed by atoms with Crippen molar-refractivity contribution in [2.75, 3.05) is 4.90 Å². The van der Waals surface area contributed by atoms with Crippen LogP contribution in [0.2, 0.25) is 0 Å². The third-order valence-electron chi connectivity index (χ3n) is 3.96. The fourth-order valence-corrected chi connectivity index (χ4v) is 2.77. The maximum atomic E-state index is 13.3. The van der Waals surface area contributed by atoms with Crippen molar-refractivity contribution in [1.82, 2.24) is 9.78 Å². The first kappa shape index (κ1) is 17.1. The first-order valence-corrected chi connectivity index (χ1v) is 8.02. The summed E-state index contributed by atoms with van der Waals surface area (Å²) in [6, 6.07) is 16.1. The van der Waals surface area contributed by atoms with E-state index < -0.39 is 0 Å². The summed E-state index contributed by atoms with van der Waals surface area (Å²) in [7, 11) is 1.80. The number of amides is 1. The molecule has 3 rings (SSSR count). The van der Waals surface area contributed by atoms with Crippen molar-refractivity contribution in [3.05, 3.63) is 77.0 Å². The van der Waals surface area contributed by atoms with E-state index in [9.17, 15) is 4.79 Å². The predicted molar refractivity (Wildman–Crippen MR) is 103 cm³/mol. The summed E-state index contributed by atoms with van der Waals surface area (Å²) in [6.07, 6.45) is 11.0. The van der Waals surface area contributed by atoms with Gasteiger partial charge in [0.25, 0.3) is 5.91 Å². The second kappa shape index (κ2) is 7.01. The normalized spacial score (nSPS) is 10.0. The molecule has 0 aliphatic carbocycles. The highest BCUT2D eigenvalue weighted by Gasteiger charge is 2.23. The zero-order valence-corrected chi connectivity index (χ0v) is 14.6. The van der Waals surface area contributed by atoms with Gasteiger partial charge in [0.05, 0.1) is 11.4 Å². The van der Waals surface area contributed by atoms with Gasteiger partial charge in [-0.15, -0.1) is 12.8 Å². The van der Waals surface area contributed by atoms with E-state index in [4.69, 9.17) is 12.8 Å². The van der Waals surface area contributed by atoms with Gasteiger partial charge in [-0.3, -0.25) is 14.4 Å². The van der Waals surface area contributed by atoms with Crippen LogP contribution in [0.25, 0.3) is 0 Å². The molecule has 4 nitrogen and oxygen atoms in total.